The third-order valence-corrected chi connectivity index (χ3v) is 3.02. The van der Waals surface area contributed by atoms with E-state index < -0.39 is 0 Å². The van der Waals surface area contributed by atoms with Crippen LogP contribution in [0.2, 0.25) is 0 Å². The highest BCUT2D eigenvalue weighted by Crippen LogP contribution is 2.06. The summed E-state index contributed by atoms with van der Waals surface area (Å²) in [6.45, 7) is 3.13. The summed E-state index contributed by atoms with van der Waals surface area (Å²) in [5.74, 6) is 0. The fourth-order valence-electron chi connectivity index (χ4n) is 1.99. The van der Waals surface area contributed by atoms with Crippen molar-refractivity contribution in [2.75, 3.05) is 13.1 Å². The maximum Gasteiger partial charge on any atom is 0.0991 e. The molecule has 2 N–H and O–H groups in total. The first-order chi connectivity index (χ1) is 7.88. The smallest absolute Gasteiger partial charge is 0.0991 e. The second-order valence-corrected chi connectivity index (χ2v) is 4.21. The fourth-order valence-corrected chi connectivity index (χ4v) is 1.99. The van der Waals surface area contributed by atoms with Crippen molar-refractivity contribution < 1.29 is 0 Å². The molecule has 1 aromatic carbocycles. The molecule has 100 valence electrons. The molecule has 0 bridgehead atoms. The van der Waals surface area contributed by atoms with Gasteiger partial charge in [-0.15, -0.1) is 24.8 Å². The maximum atomic E-state index is 8.69. The number of piperidine rings is 1. The van der Waals surface area contributed by atoms with Crippen molar-refractivity contribution in [2.24, 2.45) is 0 Å². The summed E-state index contributed by atoms with van der Waals surface area (Å²) in [4.78, 5) is 0. The predicted molar refractivity (Wildman–Crippen MR) is 78.4 cm³/mol. The molecule has 2 rings (SSSR count). The Morgan fingerprint density at radius 1 is 1.17 bits per heavy atom. The third kappa shape index (κ3) is 5.24. The van der Waals surface area contributed by atoms with E-state index in [-0.39, 0.29) is 24.8 Å². The second kappa shape index (κ2) is 9.18. The highest BCUT2D eigenvalue weighted by molar-refractivity contribution is 5.85. The molecule has 0 atom stereocenters. The number of hydrogen-bond acceptors (Lipinski definition) is 3. The van der Waals surface area contributed by atoms with Crippen molar-refractivity contribution in [3.8, 4) is 6.07 Å². The molecule has 1 aromatic rings. The topological polar surface area (TPSA) is 47.9 Å². The zero-order chi connectivity index (χ0) is 11.2. The van der Waals surface area contributed by atoms with E-state index in [1.54, 1.807) is 0 Å². The Bertz CT molecular complexity index is 367. The molecular formula is C13H19Cl2N3. The van der Waals surface area contributed by atoms with Crippen LogP contribution in [0.1, 0.15) is 24.0 Å². The van der Waals surface area contributed by atoms with Crippen molar-refractivity contribution in [3.63, 3.8) is 0 Å². The van der Waals surface area contributed by atoms with Crippen LogP contribution in [0.4, 0.5) is 0 Å². The summed E-state index contributed by atoms with van der Waals surface area (Å²) >= 11 is 0. The molecule has 1 heterocycles. The van der Waals surface area contributed by atoms with Gasteiger partial charge in [-0.3, -0.25) is 0 Å². The zero-order valence-electron chi connectivity index (χ0n) is 10.2. The number of nitrogens with one attached hydrogen (secondary N) is 2. The first-order valence-corrected chi connectivity index (χ1v) is 5.81. The van der Waals surface area contributed by atoms with Crippen LogP contribution in [0.3, 0.4) is 0 Å². The van der Waals surface area contributed by atoms with Crippen LogP contribution in [-0.4, -0.2) is 19.1 Å². The van der Waals surface area contributed by atoms with Gasteiger partial charge < -0.3 is 10.6 Å². The van der Waals surface area contributed by atoms with Crippen LogP contribution in [0, 0.1) is 11.3 Å². The average molecular weight is 288 g/mol. The minimum atomic E-state index is 0. The van der Waals surface area contributed by atoms with E-state index >= 15 is 0 Å². The lowest BCUT2D eigenvalue weighted by molar-refractivity contribution is 0.386. The largest absolute Gasteiger partial charge is 0.317 e. The zero-order valence-corrected chi connectivity index (χ0v) is 11.8. The lowest BCUT2D eigenvalue weighted by atomic mass is 10.1. The lowest BCUT2D eigenvalue weighted by Gasteiger charge is -2.23. The monoisotopic (exact) mass is 287 g/mol. The van der Waals surface area contributed by atoms with Crippen molar-refractivity contribution in [1.29, 1.82) is 5.26 Å². The van der Waals surface area contributed by atoms with E-state index in [2.05, 4.69) is 16.7 Å². The molecule has 1 saturated heterocycles. The summed E-state index contributed by atoms with van der Waals surface area (Å²) in [5.41, 5.74) is 1.98. The minimum absolute atomic E-state index is 0. The molecule has 1 fully saturated rings. The fraction of sp³-hybridized carbons (Fsp3) is 0.462. The van der Waals surface area contributed by atoms with Crippen LogP contribution < -0.4 is 10.6 Å². The van der Waals surface area contributed by atoms with Gasteiger partial charge in [-0.1, -0.05) is 12.1 Å². The molecule has 0 spiro atoms. The van der Waals surface area contributed by atoms with Crippen LogP contribution in [0.25, 0.3) is 0 Å². The van der Waals surface area contributed by atoms with E-state index in [1.807, 2.05) is 24.3 Å². The van der Waals surface area contributed by atoms with Gasteiger partial charge in [0.2, 0.25) is 0 Å². The Kier molecular flexibility index (Phi) is 8.78. The van der Waals surface area contributed by atoms with E-state index in [1.165, 1.54) is 18.4 Å². The third-order valence-electron chi connectivity index (χ3n) is 3.02. The first-order valence-electron chi connectivity index (χ1n) is 5.81. The molecule has 0 saturated carbocycles. The van der Waals surface area contributed by atoms with E-state index in [0.717, 1.165) is 25.2 Å². The number of hydrogen-bond donors (Lipinski definition) is 2. The molecule has 1 aliphatic heterocycles. The van der Waals surface area contributed by atoms with Gasteiger partial charge in [-0.2, -0.15) is 5.26 Å². The van der Waals surface area contributed by atoms with Gasteiger partial charge in [0.1, 0.15) is 0 Å². The second-order valence-electron chi connectivity index (χ2n) is 4.21. The number of rotatable bonds is 3. The summed E-state index contributed by atoms with van der Waals surface area (Å²) in [6.07, 6.45) is 2.41. The quantitative estimate of drug-likeness (QED) is 0.896. The van der Waals surface area contributed by atoms with Crippen LogP contribution in [0.5, 0.6) is 0 Å². The molecule has 18 heavy (non-hydrogen) atoms. The van der Waals surface area contributed by atoms with Crippen molar-refractivity contribution in [3.05, 3.63) is 35.4 Å². The summed E-state index contributed by atoms with van der Waals surface area (Å²) < 4.78 is 0. The van der Waals surface area contributed by atoms with Crippen LogP contribution in [-0.2, 0) is 6.54 Å². The van der Waals surface area contributed by atoms with Gasteiger partial charge in [0.05, 0.1) is 11.6 Å². The molecular weight excluding hydrogens is 269 g/mol. The van der Waals surface area contributed by atoms with Gasteiger partial charge in [0.15, 0.2) is 0 Å². The van der Waals surface area contributed by atoms with Gasteiger partial charge in [0, 0.05) is 12.6 Å². The molecule has 0 unspecified atom stereocenters. The highest BCUT2D eigenvalue weighted by Gasteiger charge is 2.11. The molecule has 0 amide bonds. The van der Waals surface area contributed by atoms with Gasteiger partial charge in [-0.05, 0) is 43.6 Å². The Hall–Kier alpha value is -0.790. The average Bonchev–Trinajstić information content (AvgIpc) is 2.38. The molecule has 0 aromatic heterocycles. The molecule has 3 nitrogen and oxygen atoms in total. The highest BCUT2D eigenvalue weighted by atomic mass is 35.5. The van der Waals surface area contributed by atoms with Crippen molar-refractivity contribution in [2.45, 2.75) is 25.4 Å². The predicted octanol–water partition coefficient (Wildman–Crippen LogP) is 2.24. The summed E-state index contributed by atoms with van der Waals surface area (Å²) in [6, 6.07) is 10.6. The molecule has 0 radical (unpaired) electrons. The molecule has 5 heteroatoms. The minimum Gasteiger partial charge on any atom is -0.317 e. The number of nitriles is 1. The van der Waals surface area contributed by atoms with Crippen LogP contribution in [0.15, 0.2) is 24.3 Å². The van der Waals surface area contributed by atoms with E-state index in [4.69, 9.17) is 5.26 Å². The molecule has 1 aliphatic rings. The Morgan fingerprint density at radius 2 is 1.78 bits per heavy atom. The van der Waals surface area contributed by atoms with E-state index in [9.17, 15) is 0 Å². The van der Waals surface area contributed by atoms with E-state index in [0.29, 0.717) is 6.04 Å². The Labute approximate surface area is 121 Å². The first kappa shape index (κ1) is 17.2. The van der Waals surface area contributed by atoms with Crippen molar-refractivity contribution >= 4 is 24.8 Å². The summed E-state index contributed by atoms with van der Waals surface area (Å²) in [7, 11) is 0. The Morgan fingerprint density at radius 3 is 2.33 bits per heavy atom. The van der Waals surface area contributed by atoms with Gasteiger partial charge >= 0.3 is 0 Å². The van der Waals surface area contributed by atoms with Crippen LogP contribution >= 0.6 is 24.8 Å². The lowest BCUT2D eigenvalue weighted by Crippen LogP contribution is -2.39. The Balaban J connectivity index is 0.00000144. The van der Waals surface area contributed by atoms with Crippen molar-refractivity contribution in [1.82, 2.24) is 10.6 Å². The molecule has 0 aliphatic carbocycles. The normalized spacial score (nSPS) is 15.1. The number of halogens is 2. The maximum absolute atomic E-state index is 8.69. The SMILES string of the molecule is Cl.Cl.N#Cc1ccc(CNC2CCNCC2)cc1. The summed E-state index contributed by atoms with van der Waals surface area (Å²) in [5, 5.41) is 15.6. The van der Waals surface area contributed by atoms with Gasteiger partial charge in [0.25, 0.3) is 0 Å². The van der Waals surface area contributed by atoms with Gasteiger partial charge in [-0.25, -0.2) is 0 Å². The number of benzene rings is 1. The number of nitrogens with zero attached hydrogens (tertiary/aromatic N) is 1. The standard InChI is InChI=1S/C13H17N3.2ClH/c14-9-11-1-3-12(4-2-11)10-16-13-5-7-15-8-6-13;;/h1-4,13,15-16H,5-8,10H2;2*1H.